The number of nitro benzene ring substituents is 1. The summed E-state index contributed by atoms with van der Waals surface area (Å²) >= 11 is 0. The fourth-order valence-electron chi connectivity index (χ4n) is 1.22. The Morgan fingerprint density at radius 1 is 1.38 bits per heavy atom. The molecule has 0 radical (unpaired) electrons. The van der Waals surface area contributed by atoms with Crippen LogP contribution in [0.5, 0.6) is 0 Å². The molecule has 0 aromatic heterocycles. The highest BCUT2D eigenvalue weighted by Gasteiger charge is 2.16. The molecule has 0 aliphatic rings. The first-order chi connectivity index (χ1) is 7.56. The minimum absolute atomic E-state index is 0.306. The van der Waals surface area contributed by atoms with Crippen molar-refractivity contribution >= 4 is 11.4 Å². The van der Waals surface area contributed by atoms with Gasteiger partial charge in [-0.05, 0) is 6.42 Å². The Balaban J connectivity index is 2.89. The highest BCUT2D eigenvalue weighted by Crippen LogP contribution is 2.24. The second kappa shape index (κ2) is 5.39. The summed E-state index contributed by atoms with van der Waals surface area (Å²) in [5, 5.41) is 12.9. The second-order valence-electron chi connectivity index (χ2n) is 3.32. The summed E-state index contributed by atoms with van der Waals surface area (Å²) in [5.74, 6) is -1.88. The number of benzene rings is 1. The van der Waals surface area contributed by atoms with Crippen molar-refractivity contribution in [2.75, 3.05) is 11.9 Å². The number of non-ortho nitro benzene ring substituents is 1. The highest BCUT2D eigenvalue weighted by molar-refractivity contribution is 5.51. The number of unbranched alkanes of at least 4 members (excludes halogenated alkanes) is 1. The normalized spacial score (nSPS) is 10.2. The van der Waals surface area contributed by atoms with Gasteiger partial charge in [0.25, 0.3) is 5.69 Å². The van der Waals surface area contributed by atoms with Crippen LogP contribution in [-0.2, 0) is 0 Å². The van der Waals surface area contributed by atoms with Gasteiger partial charge in [0, 0.05) is 6.54 Å². The first-order valence-electron chi connectivity index (χ1n) is 4.93. The zero-order valence-corrected chi connectivity index (χ0v) is 8.80. The van der Waals surface area contributed by atoms with Crippen LogP contribution in [0, 0.1) is 21.7 Å². The summed E-state index contributed by atoms with van der Waals surface area (Å²) in [6.45, 7) is 2.38. The van der Waals surface area contributed by atoms with Gasteiger partial charge < -0.3 is 5.32 Å². The van der Waals surface area contributed by atoms with Crippen LogP contribution < -0.4 is 5.32 Å². The summed E-state index contributed by atoms with van der Waals surface area (Å²) in [6.07, 6.45) is 1.67. The van der Waals surface area contributed by atoms with E-state index in [0.717, 1.165) is 12.8 Å². The molecule has 0 spiro atoms. The fourth-order valence-corrected chi connectivity index (χ4v) is 1.22. The predicted octanol–water partition coefficient (Wildman–Crippen LogP) is 3.09. The summed E-state index contributed by atoms with van der Waals surface area (Å²) in [4.78, 5) is 9.50. The van der Waals surface area contributed by atoms with E-state index < -0.39 is 22.2 Å². The molecule has 88 valence electrons. The van der Waals surface area contributed by atoms with Crippen molar-refractivity contribution in [2.24, 2.45) is 0 Å². The van der Waals surface area contributed by atoms with Gasteiger partial charge in [0.2, 0.25) is 0 Å². The van der Waals surface area contributed by atoms with E-state index >= 15 is 0 Å². The van der Waals surface area contributed by atoms with E-state index in [-0.39, 0.29) is 5.69 Å². The van der Waals surface area contributed by atoms with Crippen molar-refractivity contribution in [3.8, 4) is 0 Å². The monoisotopic (exact) mass is 230 g/mol. The van der Waals surface area contributed by atoms with Gasteiger partial charge in [0.05, 0.1) is 17.1 Å². The number of nitro groups is 1. The lowest BCUT2D eigenvalue weighted by atomic mass is 10.2. The molecule has 0 fully saturated rings. The molecule has 1 rings (SSSR count). The zero-order valence-electron chi connectivity index (χ0n) is 8.80. The lowest BCUT2D eigenvalue weighted by molar-refractivity contribution is -0.385. The van der Waals surface area contributed by atoms with Gasteiger partial charge in [-0.3, -0.25) is 10.1 Å². The van der Waals surface area contributed by atoms with Crippen LogP contribution in [-0.4, -0.2) is 11.5 Å². The Morgan fingerprint density at radius 3 is 2.38 bits per heavy atom. The summed E-state index contributed by atoms with van der Waals surface area (Å²) < 4.78 is 26.6. The minimum atomic E-state index is -0.942. The molecule has 0 aliphatic heterocycles. The molecule has 0 heterocycles. The number of hydrogen-bond acceptors (Lipinski definition) is 3. The van der Waals surface area contributed by atoms with Gasteiger partial charge in [-0.2, -0.15) is 0 Å². The molecular formula is C10H12F2N2O2. The average molecular weight is 230 g/mol. The molecule has 16 heavy (non-hydrogen) atoms. The van der Waals surface area contributed by atoms with Crippen LogP contribution in [0.15, 0.2) is 12.1 Å². The van der Waals surface area contributed by atoms with Crippen LogP contribution in [0.4, 0.5) is 20.2 Å². The molecular weight excluding hydrogens is 218 g/mol. The molecule has 1 aromatic rings. The van der Waals surface area contributed by atoms with E-state index in [1.807, 2.05) is 6.92 Å². The lowest BCUT2D eigenvalue weighted by Crippen LogP contribution is -2.06. The maximum atomic E-state index is 13.3. The maximum Gasteiger partial charge on any atom is 0.275 e. The Hall–Kier alpha value is -1.72. The molecule has 0 saturated heterocycles. The molecule has 0 atom stereocenters. The second-order valence-corrected chi connectivity index (χ2v) is 3.32. The van der Waals surface area contributed by atoms with E-state index in [1.165, 1.54) is 0 Å². The Kier molecular flexibility index (Phi) is 4.16. The van der Waals surface area contributed by atoms with E-state index in [4.69, 9.17) is 0 Å². The van der Waals surface area contributed by atoms with Gasteiger partial charge in [-0.25, -0.2) is 8.78 Å². The Labute approximate surface area is 91.4 Å². The Morgan fingerprint density at radius 2 is 1.94 bits per heavy atom. The highest BCUT2D eigenvalue weighted by atomic mass is 19.1. The van der Waals surface area contributed by atoms with Crippen molar-refractivity contribution in [1.82, 2.24) is 0 Å². The van der Waals surface area contributed by atoms with Crippen molar-refractivity contribution in [3.05, 3.63) is 33.9 Å². The van der Waals surface area contributed by atoms with Gasteiger partial charge in [0.1, 0.15) is 5.69 Å². The number of anilines is 1. The van der Waals surface area contributed by atoms with Crippen molar-refractivity contribution in [1.29, 1.82) is 0 Å². The smallest absolute Gasteiger partial charge is 0.275 e. The number of nitrogens with one attached hydrogen (secondary N) is 1. The molecule has 0 amide bonds. The van der Waals surface area contributed by atoms with E-state index in [0.29, 0.717) is 18.7 Å². The summed E-state index contributed by atoms with van der Waals surface area (Å²) in [5.41, 5.74) is -0.893. The quantitative estimate of drug-likeness (QED) is 0.480. The van der Waals surface area contributed by atoms with Gasteiger partial charge in [-0.15, -0.1) is 0 Å². The van der Waals surface area contributed by atoms with E-state index in [2.05, 4.69) is 5.32 Å². The van der Waals surface area contributed by atoms with Crippen LogP contribution in [0.2, 0.25) is 0 Å². The molecule has 4 nitrogen and oxygen atoms in total. The van der Waals surface area contributed by atoms with Gasteiger partial charge in [0.15, 0.2) is 11.6 Å². The average Bonchev–Trinajstić information content (AvgIpc) is 2.21. The van der Waals surface area contributed by atoms with Crippen LogP contribution in [0.3, 0.4) is 0 Å². The van der Waals surface area contributed by atoms with E-state index in [1.54, 1.807) is 0 Å². The number of hydrogen-bond donors (Lipinski definition) is 1. The molecule has 1 N–H and O–H groups in total. The molecule has 0 saturated carbocycles. The topological polar surface area (TPSA) is 55.2 Å². The third-order valence-electron chi connectivity index (χ3n) is 2.07. The number of halogens is 2. The van der Waals surface area contributed by atoms with Gasteiger partial charge in [-0.1, -0.05) is 13.3 Å². The molecule has 0 aliphatic carbocycles. The van der Waals surface area contributed by atoms with Crippen molar-refractivity contribution in [2.45, 2.75) is 19.8 Å². The third-order valence-corrected chi connectivity index (χ3v) is 2.07. The lowest BCUT2D eigenvalue weighted by Gasteiger charge is -2.07. The largest absolute Gasteiger partial charge is 0.380 e. The number of nitrogens with zero attached hydrogens (tertiary/aromatic N) is 1. The number of rotatable bonds is 5. The standard InChI is InChI=1S/C10H12F2N2O2/c1-2-3-4-13-10-8(11)5-7(14(15)16)6-9(10)12/h5-6,13H,2-4H2,1H3. The molecule has 0 bridgehead atoms. The third kappa shape index (κ3) is 2.88. The van der Waals surface area contributed by atoms with Gasteiger partial charge >= 0.3 is 0 Å². The molecule has 0 unspecified atom stereocenters. The van der Waals surface area contributed by atoms with E-state index in [9.17, 15) is 18.9 Å². The van der Waals surface area contributed by atoms with Crippen molar-refractivity contribution < 1.29 is 13.7 Å². The predicted molar refractivity (Wildman–Crippen MR) is 56.4 cm³/mol. The fraction of sp³-hybridized carbons (Fsp3) is 0.400. The Bertz CT molecular complexity index is 373. The molecule has 6 heteroatoms. The molecule has 1 aromatic carbocycles. The minimum Gasteiger partial charge on any atom is -0.380 e. The maximum absolute atomic E-state index is 13.3. The van der Waals surface area contributed by atoms with Crippen LogP contribution >= 0.6 is 0 Å². The van der Waals surface area contributed by atoms with Crippen LogP contribution in [0.25, 0.3) is 0 Å². The first-order valence-corrected chi connectivity index (χ1v) is 4.93. The summed E-state index contributed by atoms with van der Waals surface area (Å²) in [7, 11) is 0. The van der Waals surface area contributed by atoms with Crippen LogP contribution in [0.1, 0.15) is 19.8 Å². The van der Waals surface area contributed by atoms with Crippen molar-refractivity contribution in [3.63, 3.8) is 0 Å². The first kappa shape index (κ1) is 12.4. The summed E-state index contributed by atoms with van der Waals surface area (Å²) in [6, 6.07) is 1.41. The SMILES string of the molecule is CCCCNc1c(F)cc([N+](=O)[O-])cc1F. The zero-order chi connectivity index (χ0) is 12.1.